The van der Waals surface area contributed by atoms with Crippen LogP contribution in [0.5, 0.6) is 5.75 Å². The molecule has 1 amide bonds. The molecule has 2 N–H and O–H groups in total. The highest BCUT2D eigenvalue weighted by atomic mass is 35.5. The van der Waals surface area contributed by atoms with Gasteiger partial charge >= 0.3 is 6.09 Å². The van der Waals surface area contributed by atoms with E-state index >= 15 is 0 Å². The first-order chi connectivity index (χ1) is 12.8. The SMILES string of the molecule is Cc1cc(OC(=O)N[C@@H]2CCC[C@](O)(C#Cc3cccc(Cl)c3)C2)c(C)o1. The summed E-state index contributed by atoms with van der Waals surface area (Å²) in [6.45, 7) is 3.53. The van der Waals surface area contributed by atoms with Gasteiger partial charge in [-0.2, -0.15) is 0 Å². The second-order valence-electron chi connectivity index (χ2n) is 6.90. The Balaban J connectivity index is 1.61. The monoisotopic (exact) mass is 387 g/mol. The van der Waals surface area contributed by atoms with Crippen LogP contribution < -0.4 is 10.1 Å². The van der Waals surface area contributed by atoms with Gasteiger partial charge in [-0.05, 0) is 51.3 Å². The summed E-state index contributed by atoms with van der Waals surface area (Å²) in [6.07, 6.45) is 1.87. The molecule has 0 bridgehead atoms. The fourth-order valence-corrected chi connectivity index (χ4v) is 3.44. The Hall–Kier alpha value is -2.42. The van der Waals surface area contributed by atoms with Gasteiger partial charge in [0.15, 0.2) is 5.75 Å². The first-order valence-corrected chi connectivity index (χ1v) is 9.27. The van der Waals surface area contributed by atoms with Gasteiger partial charge in [-0.1, -0.05) is 29.5 Å². The zero-order valence-electron chi connectivity index (χ0n) is 15.3. The van der Waals surface area contributed by atoms with Crippen LogP contribution in [-0.4, -0.2) is 22.8 Å². The van der Waals surface area contributed by atoms with Gasteiger partial charge < -0.3 is 19.6 Å². The molecule has 1 fully saturated rings. The van der Waals surface area contributed by atoms with E-state index in [9.17, 15) is 9.90 Å². The normalized spacial score (nSPS) is 21.9. The van der Waals surface area contributed by atoms with Crippen molar-refractivity contribution in [2.45, 2.75) is 51.2 Å². The first-order valence-electron chi connectivity index (χ1n) is 8.89. The largest absolute Gasteiger partial charge is 0.463 e. The molecule has 27 heavy (non-hydrogen) atoms. The maximum absolute atomic E-state index is 12.2. The van der Waals surface area contributed by atoms with Crippen molar-refractivity contribution in [1.29, 1.82) is 0 Å². The molecule has 3 rings (SSSR count). The van der Waals surface area contributed by atoms with E-state index in [2.05, 4.69) is 17.2 Å². The van der Waals surface area contributed by atoms with Crippen LogP contribution in [0.15, 0.2) is 34.7 Å². The number of carbonyl (C=O) groups excluding carboxylic acids is 1. The maximum Gasteiger partial charge on any atom is 0.412 e. The lowest BCUT2D eigenvalue weighted by Gasteiger charge is -2.33. The Morgan fingerprint density at radius 3 is 2.93 bits per heavy atom. The smallest absolute Gasteiger partial charge is 0.412 e. The minimum Gasteiger partial charge on any atom is -0.463 e. The molecule has 6 heteroatoms. The minimum absolute atomic E-state index is 0.210. The molecule has 142 valence electrons. The Kier molecular flexibility index (Phi) is 5.79. The minimum atomic E-state index is -1.15. The molecule has 5 nitrogen and oxygen atoms in total. The number of aliphatic hydroxyl groups is 1. The molecule has 0 unspecified atom stereocenters. The van der Waals surface area contributed by atoms with Gasteiger partial charge in [-0.25, -0.2) is 4.79 Å². The van der Waals surface area contributed by atoms with E-state index in [-0.39, 0.29) is 6.04 Å². The number of aryl methyl sites for hydroxylation is 2. The van der Waals surface area contributed by atoms with E-state index < -0.39 is 11.7 Å². The molecule has 1 aliphatic carbocycles. The zero-order chi connectivity index (χ0) is 19.4. The van der Waals surface area contributed by atoms with Crippen LogP contribution in [0.3, 0.4) is 0 Å². The number of benzene rings is 1. The third-order valence-electron chi connectivity index (χ3n) is 4.51. The van der Waals surface area contributed by atoms with Crippen LogP contribution in [-0.2, 0) is 0 Å². The fraction of sp³-hybridized carbons (Fsp3) is 0.381. The lowest BCUT2D eigenvalue weighted by Crippen LogP contribution is -2.46. The van der Waals surface area contributed by atoms with Crippen molar-refractivity contribution in [3.8, 4) is 17.6 Å². The molecule has 1 aliphatic rings. The Labute approximate surface area is 163 Å². The number of furan rings is 1. The van der Waals surface area contributed by atoms with E-state index in [1.54, 1.807) is 32.0 Å². The van der Waals surface area contributed by atoms with Gasteiger partial charge in [0, 0.05) is 29.1 Å². The third-order valence-corrected chi connectivity index (χ3v) is 4.75. The van der Waals surface area contributed by atoms with Crippen LogP contribution in [0.2, 0.25) is 5.02 Å². The van der Waals surface area contributed by atoms with E-state index in [1.807, 2.05) is 12.1 Å². The molecular weight excluding hydrogens is 366 g/mol. The molecule has 1 aromatic carbocycles. The van der Waals surface area contributed by atoms with Crippen molar-refractivity contribution in [2.24, 2.45) is 0 Å². The average Bonchev–Trinajstić information content (AvgIpc) is 2.90. The standard InChI is InChI=1S/C21H22ClNO4/c1-14-11-19(15(2)26-14)27-20(24)23-18-7-4-9-21(25,13-18)10-8-16-5-3-6-17(22)12-16/h3,5-6,11-12,18,25H,4,7,9,13H2,1-2H3,(H,23,24)/t18-,21+/m1/s1. The third kappa shape index (κ3) is 5.29. The Morgan fingerprint density at radius 2 is 2.22 bits per heavy atom. The van der Waals surface area contributed by atoms with Gasteiger partial charge in [0.1, 0.15) is 17.1 Å². The summed E-state index contributed by atoms with van der Waals surface area (Å²) in [6, 6.07) is 8.64. The topological polar surface area (TPSA) is 71.7 Å². The van der Waals surface area contributed by atoms with E-state index in [4.69, 9.17) is 20.8 Å². The Morgan fingerprint density at radius 1 is 1.41 bits per heavy atom. The molecule has 0 spiro atoms. The maximum atomic E-state index is 12.2. The number of halogens is 1. The summed E-state index contributed by atoms with van der Waals surface area (Å²) in [7, 11) is 0. The number of amides is 1. The number of rotatable bonds is 2. The van der Waals surface area contributed by atoms with Crippen molar-refractivity contribution in [2.75, 3.05) is 0 Å². The molecule has 1 aromatic heterocycles. The lowest BCUT2D eigenvalue weighted by molar-refractivity contribution is 0.0473. The van der Waals surface area contributed by atoms with Crippen LogP contribution >= 0.6 is 11.6 Å². The van der Waals surface area contributed by atoms with E-state index in [0.717, 1.165) is 18.4 Å². The summed E-state index contributed by atoms with van der Waals surface area (Å²) in [5.74, 6) is 7.56. The van der Waals surface area contributed by atoms with Gasteiger partial charge in [0.25, 0.3) is 0 Å². The van der Waals surface area contributed by atoms with E-state index in [0.29, 0.717) is 35.1 Å². The predicted molar refractivity (Wildman–Crippen MR) is 103 cm³/mol. The highest BCUT2D eigenvalue weighted by molar-refractivity contribution is 6.30. The number of hydrogen-bond donors (Lipinski definition) is 2. The molecule has 1 heterocycles. The molecule has 0 aliphatic heterocycles. The number of hydrogen-bond acceptors (Lipinski definition) is 4. The van der Waals surface area contributed by atoms with Crippen LogP contribution in [0.1, 0.15) is 42.8 Å². The lowest BCUT2D eigenvalue weighted by atomic mass is 9.82. The summed E-state index contributed by atoms with van der Waals surface area (Å²) in [5.41, 5.74) is -0.406. The number of nitrogens with one attached hydrogen (secondary N) is 1. The average molecular weight is 388 g/mol. The van der Waals surface area contributed by atoms with Gasteiger partial charge in [-0.3, -0.25) is 0 Å². The van der Waals surface area contributed by atoms with Gasteiger partial charge in [0.2, 0.25) is 0 Å². The first kappa shape index (κ1) is 19.3. The fourth-order valence-electron chi connectivity index (χ4n) is 3.25. The summed E-state index contributed by atoms with van der Waals surface area (Å²) < 4.78 is 10.7. The second kappa shape index (κ2) is 8.08. The molecular formula is C21H22ClNO4. The Bertz CT molecular complexity index is 895. The number of carbonyl (C=O) groups is 1. The number of ether oxygens (including phenoxy) is 1. The van der Waals surface area contributed by atoms with Crippen molar-refractivity contribution < 1.29 is 19.1 Å². The second-order valence-corrected chi connectivity index (χ2v) is 7.33. The molecule has 2 atom stereocenters. The predicted octanol–water partition coefficient (Wildman–Crippen LogP) is 4.36. The molecule has 2 aromatic rings. The van der Waals surface area contributed by atoms with E-state index in [1.165, 1.54) is 0 Å². The summed E-state index contributed by atoms with van der Waals surface area (Å²) in [5, 5.41) is 14.2. The van der Waals surface area contributed by atoms with Crippen molar-refractivity contribution >= 4 is 17.7 Å². The summed E-state index contributed by atoms with van der Waals surface area (Å²) in [4.78, 5) is 12.2. The van der Waals surface area contributed by atoms with Crippen molar-refractivity contribution in [3.05, 3.63) is 52.4 Å². The summed E-state index contributed by atoms with van der Waals surface area (Å²) >= 11 is 5.96. The molecule has 0 radical (unpaired) electrons. The quantitative estimate of drug-likeness (QED) is 0.751. The van der Waals surface area contributed by atoms with Crippen LogP contribution in [0.25, 0.3) is 0 Å². The van der Waals surface area contributed by atoms with Gasteiger partial charge in [0.05, 0.1) is 0 Å². The zero-order valence-corrected chi connectivity index (χ0v) is 16.1. The van der Waals surface area contributed by atoms with Crippen molar-refractivity contribution in [3.63, 3.8) is 0 Å². The van der Waals surface area contributed by atoms with Crippen LogP contribution in [0.4, 0.5) is 4.79 Å². The molecule has 0 saturated heterocycles. The molecule has 1 saturated carbocycles. The van der Waals surface area contributed by atoms with Gasteiger partial charge in [-0.15, -0.1) is 0 Å². The highest BCUT2D eigenvalue weighted by Crippen LogP contribution is 2.28. The van der Waals surface area contributed by atoms with Crippen LogP contribution in [0, 0.1) is 25.7 Å². The van der Waals surface area contributed by atoms with Crippen molar-refractivity contribution in [1.82, 2.24) is 5.32 Å². The highest BCUT2D eigenvalue weighted by Gasteiger charge is 2.34.